The number of rotatable bonds is 4. The lowest BCUT2D eigenvalue weighted by atomic mass is 9.66. The van der Waals surface area contributed by atoms with E-state index in [9.17, 15) is 0 Å². The van der Waals surface area contributed by atoms with Crippen molar-refractivity contribution in [3.05, 3.63) is 35.4 Å². The third kappa shape index (κ3) is 3.01. The SMILES string of the molecule is CC[C@@]1(C)C[C@](CCN)(c2ccc(C)cc2)CCO1. The Hall–Kier alpha value is -0.860. The Bertz CT molecular complexity index is 410. The van der Waals surface area contributed by atoms with Crippen molar-refractivity contribution in [1.82, 2.24) is 0 Å². The van der Waals surface area contributed by atoms with Crippen molar-refractivity contribution in [3.8, 4) is 0 Å². The second-order valence-electron chi connectivity index (χ2n) is 6.26. The molecule has 2 N–H and O–H groups in total. The number of nitrogens with two attached hydrogens (primary N) is 1. The fourth-order valence-electron chi connectivity index (χ4n) is 3.36. The summed E-state index contributed by atoms with van der Waals surface area (Å²) in [5.74, 6) is 0. The molecule has 0 amide bonds. The first-order valence-electron chi connectivity index (χ1n) is 7.45. The molecular formula is C17H27NO. The molecule has 1 aromatic carbocycles. The molecule has 0 radical (unpaired) electrons. The summed E-state index contributed by atoms with van der Waals surface area (Å²) in [4.78, 5) is 0. The summed E-state index contributed by atoms with van der Waals surface area (Å²) in [6, 6.07) is 9.00. The van der Waals surface area contributed by atoms with Crippen LogP contribution < -0.4 is 5.73 Å². The molecule has 0 aromatic heterocycles. The Labute approximate surface area is 117 Å². The van der Waals surface area contributed by atoms with Crippen molar-refractivity contribution in [1.29, 1.82) is 0 Å². The van der Waals surface area contributed by atoms with Gasteiger partial charge in [-0.15, -0.1) is 0 Å². The molecular weight excluding hydrogens is 234 g/mol. The zero-order valence-corrected chi connectivity index (χ0v) is 12.5. The minimum absolute atomic E-state index is 0.00168. The van der Waals surface area contributed by atoms with Gasteiger partial charge in [0.05, 0.1) is 5.60 Å². The third-order valence-electron chi connectivity index (χ3n) is 4.78. The van der Waals surface area contributed by atoms with Crippen molar-refractivity contribution >= 4 is 0 Å². The van der Waals surface area contributed by atoms with Gasteiger partial charge in [-0.05, 0) is 51.6 Å². The van der Waals surface area contributed by atoms with Crippen LogP contribution in [-0.4, -0.2) is 18.8 Å². The molecule has 1 aliphatic rings. The standard InChI is InChI=1S/C17H27NO/c1-4-16(3)13-17(9-11-18,10-12-19-16)15-7-5-14(2)6-8-15/h5-8H,4,9-13,18H2,1-3H3/t16-,17+/m0/s1. The van der Waals surface area contributed by atoms with Gasteiger partial charge in [0.25, 0.3) is 0 Å². The van der Waals surface area contributed by atoms with Gasteiger partial charge in [0.1, 0.15) is 0 Å². The van der Waals surface area contributed by atoms with Crippen molar-refractivity contribution < 1.29 is 4.74 Å². The van der Waals surface area contributed by atoms with Crippen molar-refractivity contribution in [3.63, 3.8) is 0 Å². The zero-order valence-electron chi connectivity index (χ0n) is 12.5. The van der Waals surface area contributed by atoms with Crippen LogP contribution in [-0.2, 0) is 10.2 Å². The van der Waals surface area contributed by atoms with Crippen LogP contribution in [0.2, 0.25) is 0 Å². The summed E-state index contributed by atoms with van der Waals surface area (Å²) in [5, 5.41) is 0. The first-order chi connectivity index (χ1) is 9.03. The van der Waals surface area contributed by atoms with E-state index < -0.39 is 0 Å². The van der Waals surface area contributed by atoms with Gasteiger partial charge in [0, 0.05) is 12.0 Å². The largest absolute Gasteiger partial charge is 0.375 e. The van der Waals surface area contributed by atoms with Crippen molar-refractivity contribution in [2.24, 2.45) is 5.73 Å². The monoisotopic (exact) mass is 261 g/mol. The molecule has 0 bridgehead atoms. The lowest BCUT2D eigenvalue weighted by molar-refractivity contribution is -0.0976. The van der Waals surface area contributed by atoms with Crippen LogP contribution in [0, 0.1) is 6.92 Å². The highest BCUT2D eigenvalue weighted by molar-refractivity contribution is 5.30. The molecule has 0 aliphatic carbocycles. The van der Waals surface area contributed by atoms with Crippen LogP contribution >= 0.6 is 0 Å². The fraction of sp³-hybridized carbons (Fsp3) is 0.647. The fourth-order valence-corrected chi connectivity index (χ4v) is 3.36. The molecule has 1 heterocycles. The Morgan fingerprint density at radius 3 is 2.53 bits per heavy atom. The van der Waals surface area contributed by atoms with Gasteiger partial charge in [-0.25, -0.2) is 0 Å². The van der Waals surface area contributed by atoms with Crippen LogP contribution in [0.1, 0.15) is 50.7 Å². The smallest absolute Gasteiger partial charge is 0.0660 e. The highest BCUT2D eigenvalue weighted by atomic mass is 16.5. The predicted octanol–water partition coefficient (Wildman–Crippen LogP) is 3.56. The highest BCUT2D eigenvalue weighted by Gasteiger charge is 2.42. The first kappa shape index (κ1) is 14.5. The van der Waals surface area contributed by atoms with Crippen LogP contribution in [0.5, 0.6) is 0 Å². The zero-order chi connectivity index (χ0) is 13.9. The predicted molar refractivity (Wildman–Crippen MR) is 80.4 cm³/mol. The van der Waals surface area contributed by atoms with E-state index in [0.29, 0.717) is 0 Å². The van der Waals surface area contributed by atoms with E-state index in [0.717, 1.165) is 38.8 Å². The molecule has 2 nitrogen and oxygen atoms in total. The average Bonchev–Trinajstić information content (AvgIpc) is 2.40. The Kier molecular flexibility index (Phi) is 4.32. The maximum absolute atomic E-state index is 6.02. The highest BCUT2D eigenvalue weighted by Crippen LogP contribution is 2.44. The topological polar surface area (TPSA) is 35.2 Å². The van der Waals surface area contributed by atoms with E-state index in [1.807, 2.05) is 0 Å². The third-order valence-corrected chi connectivity index (χ3v) is 4.78. The molecule has 1 fully saturated rings. The van der Waals surface area contributed by atoms with Gasteiger partial charge >= 0.3 is 0 Å². The molecule has 106 valence electrons. The lowest BCUT2D eigenvalue weighted by Crippen LogP contribution is -2.46. The first-order valence-corrected chi connectivity index (χ1v) is 7.45. The second-order valence-corrected chi connectivity index (χ2v) is 6.26. The molecule has 1 saturated heterocycles. The number of hydrogen-bond acceptors (Lipinski definition) is 2. The maximum Gasteiger partial charge on any atom is 0.0660 e. The summed E-state index contributed by atoms with van der Waals surface area (Å²) in [6.45, 7) is 8.19. The van der Waals surface area contributed by atoms with Crippen molar-refractivity contribution in [2.45, 2.75) is 57.5 Å². The van der Waals surface area contributed by atoms with E-state index in [1.54, 1.807) is 0 Å². The minimum atomic E-state index is -0.00168. The van der Waals surface area contributed by atoms with Crippen LogP contribution in [0.3, 0.4) is 0 Å². The molecule has 1 aliphatic heterocycles. The Morgan fingerprint density at radius 1 is 1.26 bits per heavy atom. The summed E-state index contributed by atoms with van der Waals surface area (Å²) in [5.41, 5.74) is 8.85. The summed E-state index contributed by atoms with van der Waals surface area (Å²) >= 11 is 0. The second kappa shape index (κ2) is 5.64. The summed E-state index contributed by atoms with van der Waals surface area (Å²) in [7, 11) is 0. The van der Waals surface area contributed by atoms with Gasteiger partial charge in [0.2, 0.25) is 0 Å². The number of aryl methyl sites for hydroxylation is 1. The molecule has 2 heteroatoms. The molecule has 0 saturated carbocycles. The van der Waals surface area contributed by atoms with E-state index in [4.69, 9.17) is 10.5 Å². The summed E-state index contributed by atoms with van der Waals surface area (Å²) in [6.07, 6.45) is 4.28. The maximum atomic E-state index is 6.02. The average molecular weight is 261 g/mol. The van der Waals surface area contributed by atoms with Gasteiger partial charge in [-0.1, -0.05) is 36.8 Å². The number of hydrogen-bond donors (Lipinski definition) is 1. The van der Waals surface area contributed by atoms with Crippen LogP contribution in [0.15, 0.2) is 24.3 Å². The Morgan fingerprint density at radius 2 is 1.95 bits per heavy atom. The summed E-state index contributed by atoms with van der Waals surface area (Å²) < 4.78 is 6.02. The molecule has 2 atom stereocenters. The number of benzene rings is 1. The minimum Gasteiger partial charge on any atom is -0.375 e. The number of ether oxygens (including phenoxy) is 1. The van der Waals surface area contributed by atoms with Crippen LogP contribution in [0.25, 0.3) is 0 Å². The molecule has 0 spiro atoms. The molecule has 19 heavy (non-hydrogen) atoms. The van der Waals surface area contributed by atoms with Crippen molar-refractivity contribution in [2.75, 3.05) is 13.2 Å². The van der Waals surface area contributed by atoms with Gasteiger partial charge < -0.3 is 10.5 Å². The quantitative estimate of drug-likeness (QED) is 0.899. The van der Waals surface area contributed by atoms with E-state index in [-0.39, 0.29) is 11.0 Å². The molecule has 1 aromatic rings. The Balaban J connectivity index is 2.34. The van der Waals surface area contributed by atoms with Gasteiger partial charge in [0.15, 0.2) is 0 Å². The lowest BCUT2D eigenvalue weighted by Gasteiger charge is -2.46. The normalized spacial score (nSPS) is 31.4. The van der Waals surface area contributed by atoms with Gasteiger partial charge in [-0.2, -0.15) is 0 Å². The van der Waals surface area contributed by atoms with E-state index in [2.05, 4.69) is 45.0 Å². The molecule has 0 unspecified atom stereocenters. The van der Waals surface area contributed by atoms with E-state index >= 15 is 0 Å². The van der Waals surface area contributed by atoms with Gasteiger partial charge in [-0.3, -0.25) is 0 Å². The van der Waals surface area contributed by atoms with Crippen LogP contribution in [0.4, 0.5) is 0 Å². The van der Waals surface area contributed by atoms with E-state index in [1.165, 1.54) is 11.1 Å². The molecule has 2 rings (SSSR count).